The van der Waals surface area contributed by atoms with Crippen LogP contribution in [0.25, 0.3) is 0 Å². The van der Waals surface area contributed by atoms with Gasteiger partial charge in [-0.25, -0.2) is 12.8 Å². The van der Waals surface area contributed by atoms with Crippen molar-refractivity contribution >= 4 is 27.9 Å². The number of benzene rings is 1. The molecule has 0 fully saturated rings. The first-order valence-electron chi connectivity index (χ1n) is 5.32. The second kappa shape index (κ2) is 5.84. The number of aldehydes is 1. The second-order valence-corrected chi connectivity index (χ2v) is 6.91. The number of sulfone groups is 1. The number of rotatable bonds is 5. The predicted octanol–water partition coefficient (Wildman–Crippen LogP) is 2.64. The van der Waals surface area contributed by atoms with Crippen molar-refractivity contribution in [2.75, 3.05) is 12.5 Å². The average molecular weight is 290 g/mol. The van der Waals surface area contributed by atoms with Crippen LogP contribution in [0.15, 0.2) is 21.9 Å². The summed E-state index contributed by atoms with van der Waals surface area (Å²) < 4.78 is 37.2. The lowest BCUT2D eigenvalue weighted by atomic mass is 9.98. The van der Waals surface area contributed by atoms with Crippen LogP contribution in [0.2, 0.25) is 0 Å². The van der Waals surface area contributed by atoms with Crippen molar-refractivity contribution < 1.29 is 17.6 Å². The van der Waals surface area contributed by atoms with Gasteiger partial charge in [0.1, 0.15) is 12.1 Å². The Morgan fingerprint density at radius 1 is 1.44 bits per heavy atom. The molecule has 0 spiro atoms. The van der Waals surface area contributed by atoms with E-state index in [4.69, 9.17) is 0 Å². The van der Waals surface area contributed by atoms with Crippen molar-refractivity contribution in [3.63, 3.8) is 0 Å². The Hall–Kier alpha value is -0.880. The number of carbonyl (C=O) groups is 1. The monoisotopic (exact) mass is 290 g/mol. The summed E-state index contributed by atoms with van der Waals surface area (Å²) in [5.41, 5.74) is 0.526. The highest BCUT2D eigenvalue weighted by molar-refractivity contribution is 7.99. The smallest absolute Gasteiger partial charge is 0.176 e. The van der Waals surface area contributed by atoms with Crippen molar-refractivity contribution in [1.82, 2.24) is 0 Å². The van der Waals surface area contributed by atoms with Crippen LogP contribution in [-0.4, -0.2) is 27.2 Å². The molecule has 100 valence electrons. The molecule has 0 amide bonds. The fourth-order valence-corrected chi connectivity index (χ4v) is 3.63. The van der Waals surface area contributed by atoms with E-state index in [1.807, 2.05) is 0 Å². The van der Waals surface area contributed by atoms with Gasteiger partial charge < -0.3 is 4.79 Å². The van der Waals surface area contributed by atoms with Crippen molar-refractivity contribution in [2.24, 2.45) is 0 Å². The lowest BCUT2D eigenvalue weighted by Gasteiger charge is -2.13. The highest BCUT2D eigenvalue weighted by atomic mass is 32.2. The zero-order valence-electron chi connectivity index (χ0n) is 10.4. The summed E-state index contributed by atoms with van der Waals surface area (Å²) >= 11 is 1.06. The van der Waals surface area contributed by atoms with Gasteiger partial charge in [-0.1, -0.05) is 6.92 Å². The van der Waals surface area contributed by atoms with Gasteiger partial charge in [0.15, 0.2) is 9.84 Å². The maximum Gasteiger partial charge on any atom is 0.176 e. The van der Waals surface area contributed by atoms with E-state index in [-0.39, 0.29) is 22.1 Å². The van der Waals surface area contributed by atoms with Crippen LogP contribution in [0.5, 0.6) is 0 Å². The summed E-state index contributed by atoms with van der Waals surface area (Å²) in [7, 11) is -3.49. The molecule has 1 aromatic carbocycles. The third-order valence-electron chi connectivity index (χ3n) is 2.65. The van der Waals surface area contributed by atoms with Gasteiger partial charge in [0.05, 0.1) is 9.79 Å². The molecule has 0 saturated carbocycles. The zero-order valence-corrected chi connectivity index (χ0v) is 12.1. The summed E-state index contributed by atoms with van der Waals surface area (Å²) in [6.07, 6.45) is 3.66. The van der Waals surface area contributed by atoms with E-state index in [1.54, 1.807) is 13.2 Å². The first kappa shape index (κ1) is 15.2. The second-order valence-electron chi connectivity index (χ2n) is 4.11. The van der Waals surface area contributed by atoms with Gasteiger partial charge in [0.25, 0.3) is 0 Å². The third kappa shape index (κ3) is 3.32. The number of halogens is 1. The van der Waals surface area contributed by atoms with Gasteiger partial charge in [-0.2, -0.15) is 0 Å². The van der Waals surface area contributed by atoms with Crippen LogP contribution in [0.1, 0.15) is 24.8 Å². The quantitative estimate of drug-likeness (QED) is 0.618. The molecule has 0 saturated heterocycles. The fraction of sp³-hybridized carbons (Fsp3) is 0.417. The minimum Gasteiger partial charge on any atom is -0.303 e. The highest BCUT2D eigenvalue weighted by Gasteiger charge is 2.20. The lowest BCUT2D eigenvalue weighted by molar-refractivity contribution is -0.108. The molecule has 0 aliphatic heterocycles. The van der Waals surface area contributed by atoms with Gasteiger partial charge >= 0.3 is 0 Å². The average Bonchev–Trinajstić information content (AvgIpc) is 2.27. The standard InChI is InChI=1S/C12H15FO3S2/c1-8(4-5-14)9-6-10(13)12(17-2)11(7-9)18(3,15)16/h5-8H,4H2,1-3H3. The number of hydrogen-bond donors (Lipinski definition) is 0. The number of thioether (sulfide) groups is 1. The van der Waals surface area contributed by atoms with Crippen molar-refractivity contribution in [2.45, 2.75) is 29.1 Å². The summed E-state index contributed by atoms with van der Waals surface area (Å²) in [5, 5.41) is 0. The largest absolute Gasteiger partial charge is 0.303 e. The summed E-state index contributed by atoms with van der Waals surface area (Å²) in [6, 6.07) is 2.76. The van der Waals surface area contributed by atoms with Crippen LogP contribution in [-0.2, 0) is 14.6 Å². The Morgan fingerprint density at radius 2 is 2.06 bits per heavy atom. The molecule has 0 aromatic heterocycles. The predicted molar refractivity (Wildman–Crippen MR) is 70.4 cm³/mol. The van der Waals surface area contributed by atoms with E-state index in [0.717, 1.165) is 24.3 Å². The maximum atomic E-state index is 13.9. The van der Waals surface area contributed by atoms with E-state index in [2.05, 4.69) is 0 Å². The molecule has 0 aliphatic rings. The van der Waals surface area contributed by atoms with Crippen molar-refractivity contribution in [3.05, 3.63) is 23.5 Å². The van der Waals surface area contributed by atoms with Crippen LogP contribution < -0.4 is 0 Å². The molecule has 1 atom stereocenters. The first-order chi connectivity index (χ1) is 8.31. The maximum absolute atomic E-state index is 13.9. The Bertz CT molecular complexity index is 553. The van der Waals surface area contributed by atoms with Crippen molar-refractivity contribution in [1.29, 1.82) is 0 Å². The van der Waals surface area contributed by atoms with E-state index < -0.39 is 15.7 Å². The Balaban J connectivity index is 3.44. The molecule has 0 heterocycles. The van der Waals surface area contributed by atoms with E-state index in [9.17, 15) is 17.6 Å². The van der Waals surface area contributed by atoms with Gasteiger partial charge in [0.2, 0.25) is 0 Å². The summed E-state index contributed by atoms with van der Waals surface area (Å²) in [6.45, 7) is 1.76. The number of carbonyl (C=O) groups excluding carboxylic acids is 1. The lowest BCUT2D eigenvalue weighted by Crippen LogP contribution is -2.05. The minimum atomic E-state index is -3.49. The molecule has 1 aromatic rings. The normalized spacial score (nSPS) is 13.3. The fourth-order valence-electron chi connectivity index (χ4n) is 1.63. The molecule has 6 heteroatoms. The molecule has 0 bridgehead atoms. The van der Waals surface area contributed by atoms with E-state index >= 15 is 0 Å². The van der Waals surface area contributed by atoms with Crippen LogP contribution in [0, 0.1) is 5.82 Å². The number of hydrogen-bond acceptors (Lipinski definition) is 4. The Morgan fingerprint density at radius 3 is 2.50 bits per heavy atom. The Kier molecular flexibility index (Phi) is 4.92. The topological polar surface area (TPSA) is 51.2 Å². The minimum absolute atomic E-state index is 0.0113. The van der Waals surface area contributed by atoms with Crippen LogP contribution >= 0.6 is 11.8 Å². The van der Waals surface area contributed by atoms with Crippen LogP contribution in [0.3, 0.4) is 0 Å². The molecule has 1 unspecified atom stereocenters. The highest BCUT2D eigenvalue weighted by Crippen LogP contribution is 2.32. The summed E-state index contributed by atoms with van der Waals surface area (Å²) in [4.78, 5) is 10.6. The third-order valence-corrected chi connectivity index (χ3v) is 4.73. The van der Waals surface area contributed by atoms with Gasteiger partial charge in [-0.15, -0.1) is 11.8 Å². The van der Waals surface area contributed by atoms with Gasteiger partial charge in [0, 0.05) is 12.7 Å². The zero-order chi connectivity index (χ0) is 13.9. The van der Waals surface area contributed by atoms with Gasteiger partial charge in [-0.05, 0) is 29.9 Å². The molecule has 18 heavy (non-hydrogen) atoms. The molecule has 3 nitrogen and oxygen atoms in total. The molecule has 0 radical (unpaired) electrons. The molecule has 1 rings (SSSR count). The van der Waals surface area contributed by atoms with Crippen LogP contribution in [0.4, 0.5) is 4.39 Å². The Labute approximate surface area is 111 Å². The van der Waals surface area contributed by atoms with Gasteiger partial charge in [-0.3, -0.25) is 0 Å². The molecule has 0 aliphatic carbocycles. The van der Waals surface area contributed by atoms with E-state index in [1.165, 1.54) is 12.1 Å². The molecular weight excluding hydrogens is 275 g/mol. The van der Waals surface area contributed by atoms with Crippen molar-refractivity contribution in [3.8, 4) is 0 Å². The summed E-state index contributed by atoms with van der Waals surface area (Å²) in [5.74, 6) is -0.758. The molecule has 0 N–H and O–H groups in total. The van der Waals surface area contributed by atoms with E-state index in [0.29, 0.717) is 5.56 Å². The SMILES string of the molecule is CSc1c(F)cc(C(C)CC=O)cc1S(C)(=O)=O. The first-order valence-corrected chi connectivity index (χ1v) is 8.44. The molecular formula is C12H15FO3S2.